The molecule has 0 amide bonds. The molecular formula is C19H22N2O7S. The maximum Gasteiger partial charge on any atom is 0.338 e. The van der Waals surface area contributed by atoms with Crippen molar-refractivity contribution in [3.63, 3.8) is 0 Å². The first-order valence-electron chi connectivity index (χ1n) is 8.83. The zero-order chi connectivity index (χ0) is 21.6. The molecule has 156 valence electrons. The summed E-state index contributed by atoms with van der Waals surface area (Å²) in [6.07, 6.45) is 0. The molecule has 0 heterocycles. The van der Waals surface area contributed by atoms with E-state index in [0.717, 1.165) is 0 Å². The number of ether oxygens (including phenoxy) is 2. The number of nitro groups is 1. The van der Waals surface area contributed by atoms with Crippen molar-refractivity contribution in [2.45, 2.75) is 25.3 Å². The summed E-state index contributed by atoms with van der Waals surface area (Å²) in [4.78, 5) is 22.6. The van der Waals surface area contributed by atoms with Gasteiger partial charge in [-0.05, 0) is 23.8 Å². The highest BCUT2D eigenvalue weighted by Gasteiger charge is 2.27. The van der Waals surface area contributed by atoms with Crippen molar-refractivity contribution in [2.75, 3.05) is 20.2 Å². The van der Waals surface area contributed by atoms with Crippen LogP contribution < -0.4 is 4.74 Å². The fraction of sp³-hybridized carbons (Fsp3) is 0.316. The number of carbonyl (C=O) groups excluding carboxylic acids is 1. The van der Waals surface area contributed by atoms with E-state index < -0.39 is 20.9 Å². The van der Waals surface area contributed by atoms with E-state index in [9.17, 15) is 23.3 Å². The molecule has 0 fully saturated rings. The normalized spacial score (nSPS) is 11.3. The number of methoxy groups -OCH3 is 1. The van der Waals surface area contributed by atoms with Crippen LogP contribution in [0.1, 0.15) is 29.8 Å². The number of hydrogen-bond acceptors (Lipinski definition) is 7. The van der Waals surface area contributed by atoms with E-state index in [-0.39, 0.29) is 41.6 Å². The van der Waals surface area contributed by atoms with Crippen molar-refractivity contribution >= 4 is 21.7 Å². The maximum absolute atomic E-state index is 12.9. The monoisotopic (exact) mass is 422 g/mol. The summed E-state index contributed by atoms with van der Waals surface area (Å²) < 4.78 is 37.3. The summed E-state index contributed by atoms with van der Waals surface area (Å²) in [6.45, 7) is 3.77. The lowest BCUT2D eigenvalue weighted by molar-refractivity contribution is -0.384. The molecule has 10 heteroatoms. The average molecular weight is 422 g/mol. The molecule has 0 saturated heterocycles. The summed E-state index contributed by atoms with van der Waals surface area (Å²) >= 11 is 0. The van der Waals surface area contributed by atoms with Crippen LogP contribution in [0.2, 0.25) is 0 Å². The SMILES string of the molecule is CCN(CC)S(=O)(=O)c1cc(C(=O)OCc2cccc([N+](=O)[O-])c2)ccc1OC. The van der Waals surface area contributed by atoms with E-state index in [1.807, 2.05) is 0 Å². The zero-order valence-electron chi connectivity index (χ0n) is 16.3. The summed E-state index contributed by atoms with van der Waals surface area (Å²) in [5.74, 6) is -0.637. The molecule has 9 nitrogen and oxygen atoms in total. The number of sulfonamides is 1. The van der Waals surface area contributed by atoms with Crippen LogP contribution in [-0.2, 0) is 21.4 Å². The Morgan fingerprint density at radius 1 is 1.14 bits per heavy atom. The molecule has 0 aliphatic rings. The molecule has 0 atom stereocenters. The number of non-ortho nitro benzene ring substituents is 1. The van der Waals surface area contributed by atoms with Crippen molar-refractivity contribution in [3.05, 3.63) is 63.7 Å². The number of nitro benzene ring substituents is 1. The van der Waals surface area contributed by atoms with Gasteiger partial charge in [-0.3, -0.25) is 10.1 Å². The summed E-state index contributed by atoms with van der Waals surface area (Å²) in [5.41, 5.74) is 0.356. The maximum atomic E-state index is 12.9. The molecule has 2 aromatic rings. The number of carbonyl (C=O) groups is 1. The molecule has 2 rings (SSSR count). The van der Waals surface area contributed by atoms with Gasteiger partial charge in [0.05, 0.1) is 17.6 Å². The molecule has 29 heavy (non-hydrogen) atoms. The van der Waals surface area contributed by atoms with Gasteiger partial charge in [-0.15, -0.1) is 0 Å². The summed E-state index contributed by atoms with van der Waals surface area (Å²) in [5, 5.41) is 10.8. The fourth-order valence-corrected chi connectivity index (χ4v) is 4.34. The second kappa shape index (κ2) is 9.48. The van der Waals surface area contributed by atoms with E-state index >= 15 is 0 Å². The van der Waals surface area contributed by atoms with Crippen LogP contribution in [0.4, 0.5) is 5.69 Å². The van der Waals surface area contributed by atoms with Gasteiger partial charge in [0.15, 0.2) is 0 Å². The van der Waals surface area contributed by atoms with Crippen molar-refractivity contribution in [3.8, 4) is 5.75 Å². The fourth-order valence-electron chi connectivity index (χ4n) is 2.70. The topological polar surface area (TPSA) is 116 Å². The lowest BCUT2D eigenvalue weighted by atomic mass is 10.2. The molecule has 0 saturated carbocycles. The van der Waals surface area contributed by atoms with E-state index in [0.29, 0.717) is 5.56 Å². The smallest absolute Gasteiger partial charge is 0.338 e. The lowest BCUT2D eigenvalue weighted by Gasteiger charge is -2.20. The highest BCUT2D eigenvalue weighted by molar-refractivity contribution is 7.89. The number of benzene rings is 2. The van der Waals surface area contributed by atoms with Gasteiger partial charge >= 0.3 is 5.97 Å². The highest BCUT2D eigenvalue weighted by atomic mass is 32.2. The van der Waals surface area contributed by atoms with Crippen LogP contribution in [0.25, 0.3) is 0 Å². The van der Waals surface area contributed by atoms with E-state index in [1.54, 1.807) is 19.9 Å². The van der Waals surface area contributed by atoms with Gasteiger partial charge in [-0.2, -0.15) is 4.31 Å². The average Bonchev–Trinajstić information content (AvgIpc) is 2.72. The molecule has 0 bridgehead atoms. The minimum absolute atomic E-state index is 0.0296. The molecule has 0 unspecified atom stereocenters. The van der Waals surface area contributed by atoms with Gasteiger partial charge < -0.3 is 9.47 Å². The Labute approximate surface area is 169 Å². The van der Waals surface area contributed by atoms with E-state index in [1.165, 1.54) is 47.8 Å². The molecule has 0 aliphatic carbocycles. The minimum atomic E-state index is -3.86. The molecule has 2 aromatic carbocycles. The Bertz CT molecular complexity index is 1000. The third-order valence-electron chi connectivity index (χ3n) is 4.21. The molecule has 0 aromatic heterocycles. The van der Waals surface area contributed by atoms with Crippen molar-refractivity contribution in [1.29, 1.82) is 0 Å². The van der Waals surface area contributed by atoms with Gasteiger partial charge in [0.2, 0.25) is 10.0 Å². The molecular weight excluding hydrogens is 400 g/mol. The first-order chi connectivity index (χ1) is 13.7. The Balaban J connectivity index is 2.28. The predicted octanol–water partition coefficient (Wildman–Crippen LogP) is 2.99. The van der Waals surface area contributed by atoms with E-state index in [2.05, 4.69) is 0 Å². The molecule has 0 aliphatic heterocycles. The van der Waals surface area contributed by atoms with Crippen LogP contribution in [0.5, 0.6) is 5.75 Å². The number of esters is 1. The van der Waals surface area contributed by atoms with Crippen molar-refractivity contribution in [2.24, 2.45) is 0 Å². The van der Waals surface area contributed by atoms with Crippen LogP contribution in [0, 0.1) is 10.1 Å². The summed E-state index contributed by atoms with van der Waals surface area (Å²) in [6, 6.07) is 9.71. The van der Waals surface area contributed by atoms with Crippen LogP contribution in [0.3, 0.4) is 0 Å². The molecule has 0 radical (unpaired) electrons. The van der Waals surface area contributed by atoms with Gasteiger partial charge in [0, 0.05) is 25.2 Å². The zero-order valence-corrected chi connectivity index (χ0v) is 17.1. The van der Waals surface area contributed by atoms with Gasteiger partial charge in [-0.25, -0.2) is 13.2 Å². The van der Waals surface area contributed by atoms with Crippen LogP contribution in [-0.4, -0.2) is 43.8 Å². The Morgan fingerprint density at radius 2 is 1.83 bits per heavy atom. The largest absolute Gasteiger partial charge is 0.495 e. The second-order valence-electron chi connectivity index (χ2n) is 5.96. The van der Waals surface area contributed by atoms with Crippen LogP contribution in [0.15, 0.2) is 47.4 Å². The first kappa shape index (κ1) is 22.3. The number of hydrogen-bond donors (Lipinski definition) is 0. The van der Waals surface area contributed by atoms with Gasteiger partial charge in [-0.1, -0.05) is 26.0 Å². The molecule has 0 spiro atoms. The third kappa shape index (κ3) is 5.09. The van der Waals surface area contributed by atoms with Gasteiger partial charge in [0.25, 0.3) is 5.69 Å². The minimum Gasteiger partial charge on any atom is -0.495 e. The number of rotatable bonds is 9. The Hall–Kier alpha value is -2.98. The summed E-state index contributed by atoms with van der Waals surface area (Å²) in [7, 11) is -2.51. The second-order valence-corrected chi connectivity index (χ2v) is 7.86. The standard InChI is InChI=1S/C19H22N2O7S/c1-4-20(5-2)29(25,26)18-12-15(9-10-17(18)27-3)19(22)28-13-14-7-6-8-16(11-14)21(23)24/h6-12H,4-5,13H2,1-3H3. The Morgan fingerprint density at radius 3 is 2.41 bits per heavy atom. The molecule has 0 N–H and O–H groups in total. The van der Waals surface area contributed by atoms with Crippen LogP contribution >= 0.6 is 0 Å². The first-order valence-corrected chi connectivity index (χ1v) is 10.3. The Kier molecular flexibility index (Phi) is 7.29. The van der Waals surface area contributed by atoms with Crippen molar-refractivity contribution in [1.82, 2.24) is 4.31 Å². The quantitative estimate of drug-likeness (QED) is 0.346. The third-order valence-corrected chi connectivity index (χ3v) is 6.28. The lowest BCUT2D eigenvalue weighted by Crippen LogP contribution is -2.31. The number of nitrogens with zero attached hydrogens (tertiary/aromatic N) is 2. The van der Waals surface area contributed by atoms with E-state index in [4.69, 9.17) is 9.47 Å². The van der Waals surface area contributed by atoms with Gasteiger partial charge in [0.1, 0.15) is 17.3 Å². The van der Waals surface area contributed by atoms with Crippen molar-refractivity contribution < 1.29 is 27.6 Å². The predicted molar refractivity (Wildman–Crippen MR) is 105 cm³/mol. The highest BCUT2D eigenvalue weighted by Crippen LogP contribution is 2.28.